The topological polar surface area (TPSA) is 75.2 Å². The van der Waals surface area contributed by atoms with Crippen molar-refractivity contribution in [1.29, 1.82) is 5.41 Å². The number of likely N-dealkylation sites (N-methyl/N-ethyl adjacent to an activating group) is 1. The summed E-state index contributed by atoms with van der Waals surface area (Å²) in [4.78, 5) is 6.82. The zero-order chi connectivity index (χ0) is 15.2. The maximum atomic E-state index is 7.79. The van der Waals surface area contributed by atoms with Crippen molar-refractivity contribution >= 4 is 22.6 Å². The van der Waals surface area contributed by atoms with E-state index < -0.39 is 0 Å². The van der Waals surface area contributed by atoms with Gasteiger partial charge in [0.05, 0.1) is 12.1 Å². The molecule has 1 aromatic heterocycles. The average Bonchev–Trinajstić information content (AvgIpc) is 2.50. The number of anilines is 1. The van der Waals surface area contributed by atoms with Crippen LogP contribution in [0.4, 0.5) is 5.82 Å². The van der Waals surface area contributed by atoms with Crippen LogP contribution in [0, 0.1) is 5.41 Å². The molecule has 0 radical (unpaired) electrons. The molecule has 5 nitrogen and oxygen atoms in total. The molecule has 2 rings (SSSR count). The molecule has 1 heterocycles. The van der Waals surface area contributed by atoms with Crippen molar-refractivity contribution in [2.24, 2.45) is 5.73 Å². The Morgan fingerprint density at radius 1 is 1.33 bits per heavy atom. The molecule has 112 valence electrons. The summed E-state index contributed by atoms with van der Waals surface area (Å²) in [5.74, 6) is 0.900. The number of rotatable bonds is 7. The molecule has 0 fully saturated rings. The van der Waals surface area contributed by atoms with Gasteiger partial charge in [0, 0.05) is 30.6 Å². The maximum absolute atomic E-state index is 7.79. The third-order valence-corrected chi connectivity index (χ3v) is 3.41. The summed E-state index contributed by atoms with van der Waals surface area (Å²) < 4.78 is 5.42. The van der Waals surface area contributed by atoms with Crippen LogP contribution < -0.4 is 10.6 Å². The fourth-order valence-electron chi connectivity index (χ4n) is 2.30. The van der Waals surface area contributed by atoms with E-state index in [9.17, 15) is 0 Å². The monoisotopic (exact) mass is 286 g/mol. The van der Waals surface area contributed by atoms with E-state index in [0.717, 1.165) is 35.4 Å². The highest BCUT2D eigenvalue weighted by atomic mass is 16.5. The van der Waals surface area contributed by atoms with Gasteiger partial charge in [0.15, 0.2) is 0 Å². The Hall–Kier alpha value is -2.14. The number of para-hydroxylation sites is 1. The second kappa shape index (κ2) is 7.04. The van der Waals surface area contributed by atoms with E-state index in [2.05, 4.69) is 16.8 Å². The molecular weight excluding hydrogens is 264 g/mol. The summed E-state index contributed by atoms with van der Waals surface area (Å²) in [6.45, 7) is 7.03. The number of benzene rings is 1. The van der Waals surface area contributed by atoms with Crippen molar-refractivity contribution in [2.45, 2.75) is 13.8 Å². The summed E-state index contributed by atoms with van der Waals surface area (Å²) in [6.07, 6.45) is 0. The minimum atomic E-state index is 0.0655. The first-order valence-electron chi connectivity index (χ1n) is 7.24. The molecule has 0 aliphatic carbocycles. The second-order valence-electron chi connectivity index (χ2n) is 4.74. The Morgan fingerprint density at radius 2 is 2.10 bits per heavy atom. The summed E-state index contributed by atoms with van der Waals surface area (Å²) in [5, 5.41) is 8.70. The molecule has 2 aromatic rings. The summed E-state index contributed by atoms with van der Waals surface area (Å²) in [5.41, 5.74) is 7.31. The number of hydrogen-bond donors (Lipinski definition) is 2. The molecule has 3 N–H and O–H groups in total. The van der Waals surface area contributed by atoms with Gasteiger partial charge < -0.3 is 15.4 Å². The molecular formula is C16H22N4O. The molecule has 0 bridgehead atoms. The van der Waals surface area contributed by atoms with E-state index in [-0.39, 0.29) is 5.84 Å². The first-order valence-corrected chi connectivity index (χ1v) is 7.24. The number of nitrogens with one attached hydrogen (secondary N) is 1. The maximum Gasteiger partial charge on any atom is 0.130 e. The normalized spacial score (nSPS) is 10.8. The van der Waals surface area contributed by atoms with Crippen LogP contribution in [0.15, 0.2) is 30.3 Å². The van der Waals surface area contributed by atoms with Crippen LogP contribution in [0.25, 0.3) is 10.9 Å². The Labute approximate surface area is 125 Å². The first kappa shape index (κ1) is 15.3. The molecule has 0 spiro atoms. The number of nitrogen functional groups attached to an aromatic ring is 1. The lowest BCUT2D eigenvalue weighted by atomic mass is 10.1. The number of fused-ring (bicyclic) bond motifs is 1. The highest BCUT2D eigenvalue weighted by molar-refractivity contribution is 6.07. The lowest BCUT2D eigenvalue weighted by molar-refractivity contribution is 0.154. The number of ether oxygens (including phenoxy) is 1. The van der Waals surface area contributed by atoms with E-state index in [1.165, 1.54) is 0 Å². The van der Waals surface area contributed by atoms with Gasteiger partial charge in [0.25, 0.3) is 0 Å². The lowest BCUT2D eigenvalue weighted by Crippen LogP contribution is -2.28. The van der Waals surface area contributed by atoms with Crippen molar-refractivity contribution < 1.29 is 4.74 Å². The van der Waals surface area contributed by atoms with Crippen LogP contribution in [0.1, 0.15) is 19.4 Å². The predicted octanol–water partition coefficient (Wildman–Crippen LogP) is 2.38. The predicted molar refractivity (Wildman–Crippen MR) is 87.1 cm³/mol. The lowest BCUT2D eigenvalue weighted by Gasteiger charge is -2.23. The highest BCUT2D eigenvalue weighted by Gasteiger charge is 2.12. The van der Waals surface area contributed by atoms with Crippen molar-refractivity contribution in [1.82, 2.24) is 4.98 Å². The fourth-order valence-corrected chi connectivity index (χ4v) is 2.30. The number of aromatic nitrogens is 1. The SMILES string of the molecule is CCOCCN(CC)c1cc(C(=N)N)c2ccccc2n1. The highest BCUT2D eigenvalue weighted by Crippen LogP contribution is 2.22. The quantitative estimate of drug-likeness (QED) is 0.465. The van der Waals surface area contributed by atoms with Gasteiger partial charge in [-0.05, 0) is 26.0 Å². The van der Waals surface area contributed by atoms with E-state index in [0.29, 0.717) is 13.2 Å². The van der Waals surface area contributed by atoms with Gasteiger partial charge >= 0.3 is 0 Å². The van der Waals surface area contributed by atoms with Gasteiger partial charge in [-0.1, -0.05) is 18.2 Å². The van der Waals surface area contributed by atoms with Gasteiger partial charge in [0.1, 0.15) is 11.7 Å². The van der Waals surface area contributed by atoms with E-state index in [1.807, 2.05) is 37.3 Å². The van der Waals surface area contributed by atoms with Crippen LogP contribution in [0.5, 0.6) is 0 Å². The Balaban J connectivity index is 2.41. The number of amidine groups is 1. The average molecular weight is 286 g/mol. The Bertz CT molecular complexity index is 627. The first-order chi connectivity index (χ1) is 10.2. The van der Waals surface area contributed by atoms with Crippen LogP contribution in [-0.4, -0.2) is 37.1 Å². The van der Waals surface area contributed by atoms with E-state index in [4.69, 9.17) is 15.9 Å². The minimum Gasteiger partial charge on any atom is -0.384 e. The van der Waals surface area contributed by atoms with Crippen LogP contribution in [0.3, 0.4) is 0 Å². The van der Waals surface area contributed by atoms with Gasteiger partial charge in [-0.15, -0.1) is 0 Å². The van der Waals surface area contributed by atoms with Crippen molar-refractivity contribution in [3.8, 4) is 0 Å². The third-order valence-electron chi connectivity index (χ3n) is 3.41. The zero-order valence-electron chi connectivity index (χ0n) is 12.6. The van der Waals surface area contributed by atoms with E-state index in [1.54, 1.807) is 0 Å². The number of pyridine rings is 1. The van der Waals surface area contributed by atoms with Gasteiger partial charge in [0.2, 0.25) is 0 Å². The second-order valence-corrected chi connectivity index (χ2v) is 4.74. The molecule has 0 aliphatic rings. The molecule has 0 saturated carbocycles. The van der Waals surface area contributed by atoms with Crippen molar-refractivity contribution in [3.05, 3.63) is 35.9 Å². The number of hydrogen-bond acceptors (Lipinski definition) is 4. The molecule has 0 atom stereocenters. The van der Waals surface area contributed by atoms with Crippen LogP contribution in [-0.2, 0) is 4.74 Å². The molecule has 0 amide bonds. The number of nitrogens with two attached hydrogens (primary N) is 1. The minimum absolute atomic E-state index is 0.0655. The molecule has 1 aromatic carbocycles. The summed E-state index contributed by atoms with van der Waals surface area (Å²) in [7, 11) is 0. The summed E-state index contributed by atoms with van der Waals surface area (Å²) >= 11 is 0. The van der Waals surface area contributed by atoms with Gasteiger partial charge in [-0.25, -0.2) is 4.98 Å². The Morgan fingerprint density at radius 3 is 2.76 bits per heavy atom. The molecule has 0 saturated heterocycles. The van der Waals surface area contributed by atoms with Crippen molar-refractivity contribution in [3.63, 3.8) is 0 Å². The van der Waals surface area contributed by atoms with E-state index >= 15 is 0 Å². The zero-order valence-corrected chi connectivity index (χ0v) is 12.6. The number of nitrogens with zero attached hydrogens (tertiary/aromatic N) is 2. The van der Waals surface area contributed by atoms with Gasteiger partial charge in [-0.3, -0.25) is 5.41 Å². The molecule has 21 heavy (non-hydrogen) atoms. The third kappa shape index (κ3) is 3.49. The van der Waals surface area contributed by atoms with Crippen LogP contribution >= 0.6 is 0 Å². The van der Waals surface area contributed by atoms with Crippen LogP contribution in [0.2, 0.25) is 0 Å². The standard InChI is InChI=1S/C16H22N4O/c1-3-20(9-10-21-4-2)15-11-13(16(17)18)12-7-5-6-8-14(12)19-15/h5-8,11H,3-4,9-10H2,1-2H3,(H3,17,18). The Kier molecular flexibility index (Phi) is 5.11. The summed E-state index contributed by atoms with van der Waals surface area (Å²) in [6, 6.07) is 9.66. The smallest absolute Gasteiger partial charge is 0.130 e. The fraction of sp³-hybridized carbons (Fsp3) is 0.375. The largest absolute Gasteiger partial charge is 0.384 e. The van der Waals surface area contributed by atoms with Crippen molar-refractivity contribution in [2.75, 3.05) is 31.2 Å². The molecule has 5 heteroatoms. The molecule has 0 aliphatic heterocycles. The van der Waals surface area contributed by atoms with Gasteiger partial charge in [-0.2, -0.15) is 0 Å². The molecule has 0 unspecified atom stereocenters.